The predicted octanol–water partition coefficient (Wildman–Crippen LogP) is 3.79. The summed E-state index contributed by atoms with van der Waals surface area (Å²) in [5.41, 5.74) is 11.5. The molecule has 0 spiro atoms. The van der Waals surface area contributed by atoms with Crippen LogP contribution in [0.25, 0.3) is 0 Å². The number of halogens is 5. The first kappa shape index (κ1) is 21.0. The lowest BCUT2D eigenvalue weighted by atomic mass is 9.81. The second kappa shape index (κ2) is 8.62. The summed E-state index contributed by atoms with van der Waals surface area (Å²) in [4.78, 5) is 11.4. The average Bonchev–Trinajstić information content (AvgIpc) is 2.58. The smallest absolute Gasteiger partial charge is 0.391 e. The number of nitrogen functional groups attached to an aromatic ring is 1. The third kappa shape index (κ3) is 5.86. The van der Waals surface area contributed by atoms with Gasteiger partial charge >= 0.3 is 6.18 Å². The standard InChI is InChI=1S/C17H22F5N3O2/c18-15(19)8-27-14-6-13(12(23)5-11(14)16(24)26)25-7-9-1-3-10(4-2-9)17(20,21)22/h5-6,9-10,15,25H,1-4,7-8,23H2,(H2,24,26)/t9-,10-. The fourth-order valence-corrected chi connectivity index (χ4v) is 3.16. The fraction of sp³-hybridized carbons (Fsp3) is 0.588. The molecule has 5 nitrogen and oxygen atoms in total. The van der Waals surface area contributed by atoms with Crippen LogP contribution in [0.5, 0.6) is 5.75 Å². The van der Waals surface area contributed by atoms with Crippen molar-refractivity contribution in [2.75, 3.05) is 24.2 Å². The van der Waals surface area contributed by atoms with Crippen LogP contribution in [0.3, 0.4) is 0 Å². The van der Waals surface area contributed by atoms with Crippen molar-refractivity contribution in [1.82, 2.24) is 0 Å². The quantitative estimate of drug-likeness (QED) is 0.484. The lowest BCUT2D eigenvalue weighted by Gasteiger charge is -2.30. The molecule has 0 aromatic heterocycles. The fourth-order valence-electron chi connectivity index (χ4n) is 3.16. The number of alkyl halides is 5. The molecule has 1 amide bonds. The monoisotopic (exact) mass is 395 g/mol. The number of carbonyl (C=O) groups excluding carboxylic acids is 1. The maximum Gasteiger partial charge on any atom is 0.391 e. The highest BCUT2D eigenvalue weighted by Gasteiger charge is 2.41. The van der Waals surface area contributed by atoms with Gasteiger partial charge in [-0.1, -0.05) is 0 Å². The van der Waals surface area contributed by atoms with Crippen molar-refractivity contribution in [3.05, 3.63) is 17.7 Å². The Labute approximate surface area is 153 Å². The van der Waals surface area contributed by atoms with Crippen molar-refractivity contribution < 1.29 is 31.5 Å². The molecule has 1 aromatic carbocycles. The molecule has 152 valence electrons. The van der Waals surface area contributed by atoms with E-state index in [4.69, 9.17) is 16.2 Å². The van der Waals surface area contributed by atoms with Gasteiger partial charge in [0.2, 0.25) is 0 Å². The molecule has 0 aliphatic heterocycles. The van der Waals surface area contributed by atoms with Crippen LogP contribution in [0.2, 0.25) is 0 Å². The molecule has 10 heteroatoms. The predicted molar refractivity (Wildman–Crippen MR) is 90.9 cm³/mol. The first-order valence-corrected chi connectivity index (χ1v) is 8.52. The number of hydrogen-bond acceptors (Lipinski definition) is 4. The van der Waals surface area contributed by atoms with Crippen molar-refractivity contribution in [3.63, 3.8) is 0 Å². The summed E-state index contributed by atoms with van der Waals surface area (Å²) in [6.45, 7) is -0.538. The Kier molecular flexibility index (Phi) is 6.72. The highest BCUT2D eigenvalue weighted by molar-refractivity contribution is 5.98. The Bertz CT molecular complexity index is 659. The minimum atomic E-state index is -4.16. The first-order valence-electron chi connectivity index (χ1n) is 8.52. The van der Waals surface area contributed by atoms with E-state index in [2.05, 4.69) is 5.32 Å². The minimum Gasteiger partial charge on any atom is -0.487 e. The second-order valence-corrected chi connectivity index (χ2v) is 6.64. The molecule has 1 aromatic rings. The summed E-state index contributed by atoms with van der Waals surface area (Å²) in [5.74, 6) is -2.23. The number of rotatable bonds is 7. The molecule has 5 N–H and O–H groups in total. The highest BCUT2D eigenvalue weighted by atomic mass is 19.4. The largest absolute Gasteiger partial charge is 0.487 e. The molecular weight excluding hydrogens is 373 g/mol. The van der Waals surface area contributed by atoms with Gasteiger partial charge in [0.25, 0.3) is 12.3 Å². The molecule has 27 heavy (non-hydrogen) atoms. The van der Waals surface area contributed by atoms with Crippen LogP contribution in [0.4, 0.5) is 33.3 Å². The van der Waals surface area contributed by atoms with Gasteiger partial charge in [-0.2, -0.15) is 13.2 Å². The van der Waals surface area contributed by atoms with Gasteiger partial charge < -0.3 is 21.5 Å². The van der Waals surface area contributed by atoms with Gasteiger partial charge in [0.15, 0.2) is 0 Å². The third-order valence-electron chi connectivity index (χ3n) is 4.67. The summed E-state index contributed by atoms with van der Waals surface area (Å²) in [7, 11) is 0. The van der Waals surface area contributed by atoms with Crippen molar-refractivity contribution in [3.8, 4) is 5.75 Å². The van der Waals surface area contributed by atoms with Crippen LogP contribution in [0.15, 0.2) is 12.1 Å². The summed E-state index contributed by atoms with van der Waals surface area (Å²) >= 11 is 0. The van der Waals surface area contributed by atoms with Crippen LogP contribution in [0, 0.1) is 11.8 Å². The van der Waals surface area contributed by atoms with Crippen molar-refractivity contribution >= 4 is 17.3 Å². The van der Waals surface area contributed by atoms with E-state index >= 15 is 0 Å². The van der Waals surface area contributed by atoms with Gasteiger partial charge in [0.05, 0.1) is 22.9 Å². The summed E-state index contributed by atoms with van der Waals surface area (Å²) < 4.78 is 67.8. The van der Waals surface area contributed by atoms with Crippen molar-refractivity contribution in [1.29, 1.82) is 0 Å². The van der Waals surface area contributed by atoms with Gasteiger partial charge in [0.1, 0.15) is 12.4 Å². The van der Waals surface area contributed by atoms with E-state index in [9.17, 15) is 26.7 Å². The zero-order valence-electron chi connectivity index (χ0n) is 14.5. The van der Waals surface area contributed by atoms with E-state index in [0.29, 0.717) is 25.1 Å². The topological polar surface area (TPSA) is 90.4 Å². The molecule has 1 fully saturated rings. The van der Waals surface area contributed by atoms with E-state index in [1.807, 2.05) is 0 Å². The molecule has 1 aliphatic carbocycles. The number of ether oxygens (including phenoxy) is 1. The number of amides is 1. The molecule has 0 radical (unpaired) electrons. The summed E-state index contributed by atoms with van der Waals surface area (Å²) in [6, 6.07) is 2.53. The number of hydrogen-bond donors (Lipinski definition) is 3. The van der Waals surface area contributed by atoms with E-state index in [0.717, 1.165) is 0 Å². The van der Waals surface area contributed by atoms with Crippen LogP contribution >= 0.6 is 0 Å². The zero-order valence-corrected chi connectivity index (χ0v) is 14.5. The molecule has 0 saturated heterocycles. The Balaban J connectivity index is 2.02. The number of nitrogens with one attached hydrogen (secondary N) is 1. The van der Waals surface area contributed by atoms with Crippen LogP contribution in [-0.2, 0) is 0 Å². The van der Waals surface area contributed by atoms with Crippen molar-refractivity contribution in [2.24, 2.45) is 17.6 Å². The molecule has 0 bridgehead atoms. The molecule has 0 atom stereocenters. The average molecular weight is 395 g/mol. The SMILES string of the molecule is NC(=O)c1cc(N)c(NC[C@H]2CC[C@H](C(F)(F)F)CC2)cc1OCC(F)F. The van der Waals surface area contributed by atoms with Gasteiger partial charge in [0, 0.05) is 12.6 Å². The Hall–Kier alpha value is -2.26. The van der Waals surface area contributed by atoms with E-state index < -0.39 is 31.0 Å². The Morgan fingerprint density at radius 3 is 2.37 bits per heavy atom. The number of carbonyl (C=O) groups is 1. The van der Waals surface area contributed by atoms with Gasteiger partial charge in [-0.05, 0) is 37.7 Å². The molecule has 1 aliphatic rings. The van der Waals surface area contributed by atoms with Crippen LogP contribution < -0.4 is 21.5 Å². The normalized spacial score (nSPS) is 20.5. The van der Waals surface area contributed by atoms with Gasteiger partial charge in [-0.15, -0.1) is 0 Å². The highest BCUT2D eigenvalue weighted by Crippen LogP contribution is 2.39. The maximum absolute atomic E-state index is 12.7. The van der Waals surface area contributed by atoms with Crippen LogP contribution in [0.1, 0.15) is 36.0 Å². The van der Waals surface area contributed by atoms with E-state index in [-0.39, 0.29) is 35.8 Å². The summed E-state index contributed by atoms with van der Waals surface area (Å²) in [5, 5.41) is 3.00. The summed E-state index contributed by atoms with van der Waals surface area (Å²) in [6.07, 6.45) is -5.90. The lowest BCUT2D eigenvalue weighted by Crippen LogP contribution is -2.30. The minimum absolute atomic E-state index is 0.0317. The Morgan fingerprint density at radius 1 is 1.22 bits per heavy atom. The number of anilines is 2. The molecule has 0 heterocycles. The van der Waals surface area contributed by atoms with E-state index in [1.165, 1.54) is 12.1 Å². The van der Waals surface area contributed by atoms with E-state index in [1.54, 1.807) is 0 Å². The molecular formula is C17H22F5N3O2. The molecule has 0 unspecified atom stereocenters. The Morgan fingerprint density at radius 2 is 1.85 bits per heavy atom. The third-order valence-corrected chi connectivity index (χ3v) is 4.67. The number of benzene rings is 1. The van der Waals surface area contributed by atoms with Crippen molar-refractivity contribution in [2.45, 2.75) is 38.3 Å². The lowest BCUT2D eigenvalue weighted by molar-refractivity contribution is -0.183. The number of primary amides is 1. The van der Waals surface area contributed by atoms with Gasteiger partial charge in [-0.3, -0.25) is 4.79 Å². The maximum atomic E-state index is 12.7. The zero-order chi connectivity index (χ0) is 20.2. The molecule has 1 saturated carbocycles. The van der Waals surface area contributed by atoms with Crippen LogP contribution in [-0.4, -0.2) is 31.7 Å². The second-order valence-electron chi connectivity index (χ2n) is 6.64. The first-order chi connectivity index (χ1) is 12.6. The number of nitrogens with two attached hydrogens (primary N) is 2. The molecule has 2 rings (SSSR count). The van der Waals surface area contributed by atoms with Gasteiger partial charge in [-0.25, -0.2) is 8.78 Å².